The summed E-state index contributed by atoms with van der Waals surface area (Å²) in [5.41, 5.74) is 6.73. The lowest BCUT2D eigenvalue weighted by Gasteiger charge is -2.41. The summed E-state index contributed by atoms with van der Waals surface area (Å²) in [5, 5.41) is 8.99. The zero-order chi connectivity index (χ0) is 40.7. The van der Waals surface area contributed by atoms with Crippen molar-refractivity contribution in [2.45, 2.75) is 129 Å². The Morgan fingerprint density at radius 2 is 1.73 bits per heavy atom. The van der Waals surface area contributed by atoms with Crippen molar-refractivity contribution in [3.63, 3.8) is 0 Å². The molecule has 4 amide bonds. The van der Waals surface area contributed by atoms with E-state index < -0.39 is 30.2 Å². The molecular formula is C42H68N6O6S. The zero-order valence-electron chi connectivity index (χ0n) is 34.7. The number of ether oxygens (including phenoxy) is 2. The number of aromatic nitrogens is 1. The van der Waals surface area contributed by atoms with E-state index in [-0.39, 0.29) is 59.9 Å². The molecule has 1 aliphatic rings. The first-order valence-electron chi connectivity index (χ1n) is 20.1. The average molecular weight is 785 g/mol. The van der Waals surface area contributed by atoms with Gasteiger partial charge < -0.3 is 35.6 Å². The SMILES string of the molecule is CC[C@H](C)[C@@H]([C@@H](CC(=O)N1CCC[C@H]1[C@H](OC)[C@@H](C)C(=O)N[C@@H](Cc1ccccc1)c1nccs1)OC)N(C)C(=O)[C@@H](NC(=O)C(C)CCCCN)C(C)C. The zero-order valence-corrected chi connectivity index (χ0v) is 35.5. The Bertz CT molecular complexity index is 1460. The van der Waals surface area contributed by atoms with Gasteiger partial charge in [-0.05, 0) is 56.0 Å². The van der Waals surface area contributed by atoms with E-state index >= 15 is 0 Å². The molecule has 0 aliphatic carbocycles. The highest BCUT2D eigenvalue weighted by atomic mass is 32.1. The molecule has 1 unspecified atom stereocenters. The summed E-state index contributed by atoms with van der Waals surface area (Å²) in [4.78, 5) is 63.5. The molecule has 1 aliphatic heterocycles. The summed E-state index contributed by atoms with van der Waals surface area (Å²) in [5.74, 6) is -1.58. The van der Waals surface area contributed by atoms with Crippen LogP contribution in [0.1, 0.15) is 103 Å². The van der Waals surface area contributed by atoms with Gasteiger partial charge in [0.1, 0.15) is 11.0 Å². The smallest absolute Gasteiger partial charge is 0.245 e. The lowest BCUT2D eigenvalue weighted by atomic mass is 9.89. The molecule has 0 bridgehead atoms. The minimum Gasteiger partial charge on any atom is -0.379 e. The standard InChI is InChI=1S/C42H68N6O6S/c1-10-28(4)37(47(7)42(52)36(27(2)3)46-39(50)29(5)17-14-15-21-43)34(53-8)26-35(49)48-23-16-20-33(48)38(54-9)30(6)40(51)45-32(41-44-22-24-55-41)25-31-18-12-11-13-19-31/h11-13,18-19,22,24,27-30,32-34,36-38H,10,14-17,20-21,23,25-26,43H2,1-9H3,(H,45,51)(H,46,50)/t28-,29?,30+,32-,33-,34+,36-,37-,38+/m0/s1. The minimum atomic E-state index is -0.727. The van der Waals surface area contributed by atoms with Crippen LogP contribution in [0.25, 0.3) is 0 Å². The van der Waals surface area contributed by atoms with Crippen LogP contribution in [0.2, 0.25) is 0 Å². The monoisotopic (exact) mass is 784 g/mol. The molecule has 308 valence electrons. The number of carbonyl (C=O) groups excluding carboxylic acids is 4. The van der Waals surface area contributed by atoms with Crippen LogP contribution in [0, 0.1) is 23.7 Å². The maximum absolute atomic E-state index is 14.3. The first-order valence-corrected chi connectivity index (χ1v) is 21.0. The van der Waals surface area contributed by atoms with Gasteiger partial charge in [0.05, 0.1) is 42.7 Å². The lowest BCUT2D eigenvalue weighted by Crippen LogP contribution is -2.58. The molecule has 3 rings (SSSR count). The molecule has 1 saturated heterocycles. The Hall–Kier alpha value is -3.39. The number of hydrogen-bond acceptors (Lipinski definition) is 9. The van der Waals surface area contributed by atoms with E-state index in [4.69, 9.17) is 15.2 Å². The molecule has 1 aromatic carbocycles. The molecular weight excluding hydrogens is 717 g/mol. The summed E-state index contributed by atoms with van der Waals surface area (Å²) < 4.78 is 12.1. The van der Waals surface area contributed by atoms with Gasteiger partial charge in [0.2, 0.25) is 23.6 Å². The first-order chi connectivity index (χ1) is 26.3. The van der Waals surface area contributed by atoms with Crippen LogP contribution in [0.15, 0.2) is 41.9 Å². The highest BCUT2D eigenvalue weighted by molar-refractivity contribution is 7.09. The van der Waals surface area contributed by atoms with Gasteiger partial charge in [0.25, 0.3) is 0 Å². The van der Waals surface area contributed by atoms with Gasteiger partial charge in [0, 0.05) is 45.3 Å². The van der Waals surface area contributed by atoms with Crippen LogP contribution in [0.4, 0.5) is 0 Å². The van der Waals surface area contributed by atoms with Crippen molar-refractivity contribution >= 4 is 35.0 Å². The molecule has 1 fully saturated rings. The number of hydrogen-bond donors (Lipinski definition) is 3. The second-order valence-electron chi connectivity index (χ2n) is 15.6. The summed E-state index contributed by atoms with van der Waals surface area (Å²) in [6.07, 6.45) is 5.90. The number of likely N-dealkylation sites (tertiary alicyclic amines) is 1. The molecule has 2 aromatic rings. The first kappa shape index (κ1) is 46.0. The van der Waals surface area contributed by atoms with Crippen molar-refractivity contribution in [1.82, 2.24) is 25.4 Å². The third-order valence-corrected chi connectivity index (χ3v) is 12.3. The molecule has 0 saturated carbocycles. The number of methoxy groups -OCH3 is 2. The number of benzene rings is 1. The minimum absolute atomic E-state index is 0.00289. The molecule has 12 nitrogen and oxygen atoms in total. The largest absolute Gasteiger partial charge is 0.379 e. The van der Waals surface area contributed by atoms with Gasteiger partial charge in [-0.1, -0.05) is 84.7 Å². The van der Waals surface area contributed by atoms with Crippen LogP contribution in [-0.2, 0) is 35.1 Å². The second kappa shape index (κ2) is 23.0. The summed E-state index contributed by atoms with van der Waals surface area (Å²) in [6, 6.07) is 8.25. The normalized spacial score (nSPS) is 18.8. The van der Waals surface area contributed by atoms with E-state index in [0.29, 0.717) is 32.4 Å². The fraction of sp³-hybridized carbons (Fsp3) is 0.690. The van der Waals surface area contributed by atoms with Crippen LogP contribution in [0.3, 0.4) is 0 Å². The predicted octanol–water partition coefficient (Wildman–Crippen LogP) is 5.37. The van der Waals surface area contributed by atoms with E-state index in [1.165, 1.54) is 11.3 Å². The van der Waals surface area contributed by atoms with Crippen LogP contribution >= 0.6 is 11.3 Å². The summed E-state index contributed by atoms with van der Waals surface area (Å²) in [7, 11) is 4.93. The highest BCUT2D eigenvalue weighted by Gasteiger charge is 2.43. The van der Waals surface area contributed by atoms with Crippen molar-refractivity contribution in [3.05, 3.63) is 52.5 Å². The molecule has 1 aromatic heterocycles. The molecule has 55 heavy (non-hydrogen) atoms. The van der Waals surface area contributed by atoms with Crippen LogP contribution < -0.4 is 16.4 Å². The number of unbranched alkanes of at least 4 members (excludes halogenated alkanes) is 1. The maximum atomic E-state index is 14.3. The van der Waals surface area contributed by atoms with E-state index in [9.17, 15) is 19.2 Å². The number of thiazole rings is 1. The van der Waals surface area contributed by atoms with E-state index in [2.05, 4.69) is 29.5 Å². The number of carbonyl (C=O) groups is 4. The van der Waals surface area contributed by atoms with Gasteiger partial charge >= 0.3 is 0 Å². The number of nitrogens with one attached hydrogen (secondary N) is 2. The van der Waals surface area contributed by atoms with Crippen LogP contribution in [0.5, 0.6) is 0 Å². The van der Waals surface area contributed by atoms with E-state index in [1.54, 1.807) is 32.4 Å². The number of nitrogens with two attached hydrogens (primary N) is 1. The summed E-state index contributed by atoms with van der Waals surface area (Å²) >= 11 is 1.51. The maximum Gasteiger partial charge on any atom is 0.245 e. The van der Waals surface area contributed by atoms with Gasteiger partial charge in [0.15, 0.2) is 0 Å². The molecule has 0 spiro atoms. The lowest BCUT2D eigenvalue weighted by molar-refractivity contribution is -0.148. The van der Waals surface area contributed by atoms with Crippen molar-refractivity contribution in [1.29, 1.82) is 0 Å². The Balaban J connectivity index is 1.76. The van der Waals surface area contributed by atoms with Gasteiger partial charge in [-0.3, -0.25) is 19.2 Å². The summed E-state index contributed by atoms with van der Waals surface area (Å²) in [6.45, 7) is 12.8. The number of nitrogens with zero attached hydrogens (tertiary/aromatic N) is 3. The Kier molecular flexibility index (Phi) is 19.2. The van der Waals surface area contributed by atoms with Gasteiger partial charge in [-0.15, -0.1) is 11.3 Å². The second-order valence-corrected chi connectivity index (χ2v) is 16.6. The third kappa shape index (κ3) is 12.8. The molecule has 9 atom stereocenters. The van der Waals surface area contributed by atoms with Crippen molar-refractivity contribution in [3.8, 4) is 0 Å². The molecule has 0 radical (unpaired) electrons. The molecule has 4 N–H and O–H groups in total. The van der Waals surface area contributed by atoms with Crippen LogP contribution in [-0.4, -0.2) is 103 Å². The number of likely N-dealkylation sites (N-methyl/N-ethyl adjacent to an activating group) is 1. The Morgan fingerprint density at radius 1 is 1.02 bits per heavy atom. The fourth-order valence-electron chi connectivity index (χ4n) is 7.82. The van der Waals surface area contributed by atoms with E-state index in [1.807, 2.05) is 68.3 Å². The van der Waals surface area contributed by atoms with Crippen molar-refractivity contribution in [2.75, 3.05) is 34.4 Å². The Morgan fingerprint density at radius 3 is 2.31 bits per heavy atom. The topological polar surface area (TPSA) is 156 Å². The number of amides is 4. The number of rotatable bonds is 23. The van der Waals surface area contributed by atoms with E-state index in [0.717, 1.165) is 36.3 Å². The van der Waals surface area contributed by atoms with Gasteiger partial charge in [-0.25, -0.2) is 4.98 Å². The molecule has 2 heterocycles. The Labute approximate surface area is 333 Å². The average Bonchev–Trinajstić information content (AvgIpc) is 3.90. The van der Waals surface area contributed by atoms with Crippen molar-refractivity contribution < 1.29 is 28.7 Å². The predicted molar refractivity (Wildman–Crippen MR) is 218 cm³/mol. The quantitative estimate of drug-likeness (QED) is 0.127. The van der Waals surface area contributed by atoms with Crippen molar-refractivity contribution in [2.24, 2.45) is 29.4 Å². The highest BCUT2D eigenvalue weighted by Crippen LogP contribution is 2.30. The molecule has 13 heteroatoms. The fourth-order valence-corrected chi connectivity index (χ4v) is 8.51. The van der Waals surface area contributed by atoms with Gasteiger partial charge in [-0.2, -0.15) is 0 Å². The third-order valence-electron chi connectivity index (χ3n) is 11.4.